The number of hydrogen-bond acceptors (Lipinski definition) is 6. The molecule has 2 amide bonds. The summed E-state index contributed by atoms with van der Waals surface area (Å²) < 4.78 is 30.0. The van der Waals surface area contributed by atoms with Gasteiger partial charge >= 0.3 is 29.6 Å². The maximum atomic E-state index is 14.2. The van der Waals surface area contributed by atoms with E-state index in [4.69, 9.17) is 5.73 Å². The van der Waals surface area contributed by atoms with Crippen molar-refractivity contribution in [1.82, 2.24) is 4.57 Å². The fraction of sp³-hybridized carbons (Fsp3) is 0.286. The van der Waals surface area contributed by atoms with Crippen molar-refractivity contribution in [3.05, 3.63) is 101 Å². The van der Waals surface area contributed by atoms with Crippen molar-refractivity contribution in [3.63, 3.8) is 0 Å². The van der Waals surface area contributed by atoms with Crippen molar-refractivity contribution in [3.8, 4) is 22.3 Å². The summed E-state index contributed by atoms with van der Waals surface area (Å²) in [6.45, 7) is 3.75. The van der Waals surface area contributed by atoms with E-state index in [-0.39, 0.29) is 67.0 Å². The molecular weight excluding hydrogens is 619 g/mol. The Bertz CT molecular complexity index is 1690. The summed E-state index contributed by atoms with van der Waals surface area (Å²) in [6, 6.07) is 17.7. The van der Waals surface area contributed by atoms with Crippen LogP contribution in [0.1, 0.15) is 60.9 Å². The molecule has 3 aromatic carbocycles. The monoisotopic (exact) mass is 655 g/mol. The van der Waals surface area contributed by atoms with Gasteiger partial charge in [-0.25, -0.2) is 8.78 Å². The summed E-state index contributed by atoms with van der Waals surface area (Å²) >= 11 is 0. The quantitative estimate of drug-likeness (QED) is 0.149. The van der Waals surface area contributed by atoms with Crippen LogP contribution >= 0.6 is 0 Å². The van der Waals surface area contributed by atoms with E-state index < -0.39 is 48.0 Å². The summed E-state index contributed by atoms with van der Waals surface area (Å²) in [4.78, 5) is 36.4. The van der Waals surface area contributed by atoms with Crippen molar-refractivity contribution in [2.45, 2.75) is 64.2 Å². The van der Waals surface area contributed by atoms with Gasteiger partial charge in [-0.15, -0.1) is 0 Å². The van der Waals surface area contributed by atoms with Crippen molar-refractivity contribution in [2.75, 3.05) is 5.32 Å². The predicted molar refractivity (Wildman–Crippen MR) is 167 cm³/mol. The number of aliphatic hydroxyl groups is 2. The zero-order valence-electron chi connectivity index (χ0n) is 26.5. The Labute approximate surface area is 293 Å². The normalized spacial score (nSPS) is 12.3. The number of amides is 2. The number of anilines is 1. The second-order valence-corrected chi connectivity index (χ2v) is 11.5. The molecular formula is C35H36F2N3NaO6. The minimum absolute atomic E-state index is 0. The van der Waals surface area contributed by atoms with Crippen LogP contribution in [0.3, 0.4) is 0 Å². The number of hydrogen-bond donors (Lipinski definition) is 4. The molecule has 0 spiro atoms. The molecule has 1 aromatic heterocycles. The molecule has 5 N–H and O–H groups in total. The second-order valence-electron chi connectivity index (χ2n) is 11.5. The Hall–Kier alpha value is -3.87. The van der Waals surface area contributed by atoms with E-state index in [9.17, 15) is 38.5 Å². The maximum Gasteiger partial charge on any atom is 1.00 e. The van der Waals surface area contributed by atoms with Gasteiger partial charge in [0, 0.05) is 40.9 Å². The smallest absolute Gasteiger partial charge is 0.550 e. The number of carbonyl (C=O) groups excluding carboxylic acids is 3. The van der Waals surface area contributed by atoms with Crippen LogP contribution in [0.5, 0.6) is 0 Å². The molecule has 0 saturated heterocycles. The van der Waals surface area contributed by atoms with Crippen molar-refractivity contribution < 1.29 is 68.0 Å². The molecule has 0 aliphatic carbocycles. The molecule has 0 fully saturated rings. The van der Waals surface area contributed by atoms with Crippen molar-refractivity contribution in [1.29, 1.82) is 0 Å². The van der Waals surface area contributed by atoms with Gasteiger partial charge in [0.25, 0.3) is 5.91 Å². The second kappa shape index (κ2) is 16.8. The zero-order valence-corrected chi connectivity index (χ0v) is 28.5. The van der Waals surface area contributed by atoms with E-state index in [1.54, 1.807) is 48.5 Å². The van der Waals surface area contributed by atoms with Gasteiger partial charge in [-0.1, -0.05) is 36.4 Å². The van der Waals surface area contributed by atoms with E-state index in [0.717, 1.165) is 0 Å². The van der Waals surface area contributed by atoms with E-state index in [1.165, 1.54) is 24.3 Å². The summed E-state index contributed by atoms with van der Waals surface area (Å²) in [6.07, 6.45) is -2.89. The summed E-state index contributed by atoms with van der Waals surface area (Å²) in [5.41, 5.74) is 9.41. The van der Waals surface area contributed by atoms with Crippen molar-refractivity contribution in [2.24, 2.45) is 5.73 Å². The number of nitrogens with two attached hydrogens (primary N) is 1. The van der Waals surface area contributed by atoms with Crippen LogP contribution in [0.25, 0.3) is 22.3 Å². The number of nitrogens with one attached hydrogen (secondary N) is 1. The van der Waals surface area contributed by atoms with Crippen molar-refractivity contribution >= 4 is 23.5 Å². The summed E-state index contributed by atoms with van der Waals surface area (Å²) in [5.74, 6) is -3.36. The zero-order chi connectivity index (χ0) is 33.5. The Balaban J connectivity index is 0.00000600. The van der Waals surface area contributed by atoms with Crippen LogP contribution < -0.4 is 45.7 Å². The molecule has 4 aromatic rings. The minimum Gasteiger partial charge on any atom is -0.550 e. The van der Waals surface area contributed by atoms with Gasteiger partial charge < -0.3 is 35.7 Å². The third kappa shape index (κ3) is 9.82. The van der Waals surface area contributed by atoms with Crippen LogP contribution in [0.4, 0.5) is 14.5 Å². The molecule has 9 nitrogen and oxygen atoms in total. The first-order chi connectivity index (χ1) is 21.8. The van der Waals surface area contributed by atoms with Crippen LogP contribution in [-0.4, -0.2) is 44.8 Å². The van der Waals surface area contributed by atoms with Gasteiger partial charge in [0.05, 0.1) is 18.6 Å². The third-order valence-electron chi connectivity index (χ3n) is 7.56. The van der Waals surface area contributed by atoms with E-state index in [2.05, 4.69) is 5.32 Å². The Kier molecular flexibility index (Phi) is 13.4. The summed E-state index contributed by atoms with van der Waals surface area (Å²) in [7, 11) is 0. The number of primary amides is 1. The largest absolute Gasteiger partial charge is 1.00 e. The van der Waals surface area contributed by atoms with Gasteiger partial charge in [-0.2, -0.15) is 0 Å². The van der Waals surface area contributed by atoms with Gasteiger partial charge in [-0.3, -0.25) is 9.59 Å². The van der Waals surface area contributed by atoms with Crippen LogP contribution in [-0.2, 0) is 22.4 Å². The van der Waals surface area contributed by atoms with Crippen LogP contribution in [0, 0.1) is 11.6 Å². The standard InChI is InChI=1S/C35H37F2N3O6.Na/c1-20(2)40-29(16-15-27(41)18-28(42)19-31(44)45)32(22-5-9-24(36)10-6-22)33(23-7-11-25(37)12-8-23)34(40)35(46)39-26-13-3-21(4-14-26)17-30(38)43;/h3-14,20,27-28,41-42H,15-19H2,1-2H3,(H2,38,43)(H,39,46)(H,44,45);/q;+1/p-1/t27-,28-;/m1./s1. The van der Waals surface area contributed by atoms with E-state index in [0.29, 0.717) is 39.2 Å². The number of carboxylic acids is 1. The number of rotatable bonds is 14. The fourth-order valence-corrected chi connectivity index (χ4v) is 5.61. The number of carboxylic acid groups (broad SMARTS) is 1. The number of halogens is 2. The Morgan fingerprint density at radius 3 is 1.87 bits per heavy atom. The molecule has 4 rings (SSSR count). The molecule has 0 unspecified atom stereocenters. The van der Waals surface area contributed by atoms with Crippen LogP contribution in [0.2, 0.25) is 0 Å². The fourth-order valence-electron chi connectivity index (χ4n) is 5.61. The number of aliphatic carboxylic acids is 1. The van der Waals surface area contributed by atoms with Gasteiger partial charge in [-0.05, 0) is 86.2 Å². The molecule has 0 bridgehead atoms. The van der Waals surface area contributed by atoms with E-state index >= 15 is 0 Å². The first-order valence-corrected chi connectivity index (χ1v) is 14.9. The predicted octanol–water partition coefficient (Wildman–Crippen LogP) is 1.15. The van der Waals surface area contributed by atoms with Gasteiger partial charge in [0.1, 0.15) is 17.3 Å². The Morgan fingerprint density at radius 2 is 1.38 bits per heavy atom. The Morgan fingerprint density at radius 1 is 0.851 bits per heavy atom. The van der Waals surface area contributed by atoms with Gasteiger partial charge in [0.2, 0.25) is 5.91 Å². The average molecular weight is 656 g/mol. The number of nitrogens with zero attached hydrogens (tertiary/aromatic N) is 1. The molecule has 12 heteroatoms. The molecule has 47 heavy (non-hydrogen) atoms. The molecule has 242 valence electrons. The number of carbonyl (C=O) groups is 3. The molecule has 0 saturated carbocycles. The summed E-state index contributed by atoms with van der Waals surface area (Å²) in [5, 5.41) is 34.6. The minimum atomic E-state index is -1.44. The van der Waals surface area contributed by atoms with Crippen LogP contribution in [0.15, 0.2) is 72.8 Å². The molecule has 2 atom stereocenters. The maximum absolute atomic E-state index is 14.2. The van der Waals surface area contributed by atoms with Gasteiger partial charge in [0.15, 0.2) is 0 Å². The molecule has 1 heterocycles. The molecule has 0 aliphatic heterocycles. The molecule has 0 radical (unpaired) electrons. The number of aliphatic hydroxyl groups excluding tert-OH is 2. The first-order valence-electron chi connectivity index (χ1n) is 14.9. The molecule has 0 aliphatic rings. The topological polar surface area (TPSA) is 158 Å². The third-order valence-corrected chi connectivity index (χ3v) is 7.56. The number of aromatic nitrogens is 1. The van der Waals surface area contributed by atoms with E-state index in [1.807, 2.05) is 18.4 Å². The first kappa shape index (κ1) is 37.6. The average Bonchev–Trinajstić information content (AvgIpc) is 3.32. The number of benzene rings is 3. The SMILES string of the molecule is CC(C)n1c(CC[C@@H](O)C[C@@H](O)CC(=O)[O-])c(-c2ccc(F)cc2)c(-c2ccc(F)cc2)c1C(=O)Nc1ccc(CC(N)=O)cc1.[Na+].